The van der Waals surface area contributed by atoms with E-state index in [1.165, 1.54) is 10.7 Å². The maximum Gasteiger partial charge on any atom is 0.270 e. The molecule has 0 spiro atoms. The van der Waals surface area contributed by atoms with Crippen molar-refractivity contribution in [2.45, 2.75) is 32.4 Å². The topological polar surface area (TPSA) is 44.1 Å². The van der Waals surface area contributed by atoms with Gasteiger partial charge >= 0.3 is 0 Å². The van der Waals surface area contributed by atoms with Crippen molar-refractivity contribution in [3.8, 4) is 0 Å². The predicted octanol–water partition coefficient (Wildman–Crippen LogP) is 2.86. The molecule has 1 heterocycles. The van der Waals surface area contributed by atoms with Crippen molar-refractivity contribution in [3.63, 3.8) is 0 Å². The molecule has 4 nitrogen and oxygen atoms in total. The largest absolute Gasteiger partial charge is 0.359 e. The third-order valence-corrected chi connectivity index (χ3v) is 4.49. The lowest BCUT2D eigenvalue weighted by molar-refractivity contribution is 0.0750. The Bertz CT molecular complexity index is 443. The molecule has 0 amide bonds. The lowest BCUT2D eigenvalue weighted by Crippen LogP contribution is -2.26. The van der Waals surface area contributed by atoms with E-state index in [0.29, 0.717) is 6.61 Å². The van der Waals surface area contributed by atoms with Gasteiger partial charge in [0.15, 0.2) is 5.15 Å². The normalized spacial score (nSPS) is 11.8. The molecule has 0 saturated carbocycles. The van der Waals surface area contributed by atoms with E-state index >= 15 is 0 Å². The molecule has 1 aromatic rings. The van der Waals surface area contributed by atoms with Gasteiger partial charge in [-0.15, -0.1) is 0 Å². The Balaban J connectivity index is 2.53. The van der Waals surface area contributed by atoms with Crippen LogP contribution < -0.4 is 5.56 Å². The van der Waals surface area contributed by atoms with Crippen molar-refractivity contribution in [1.29, 1.82) is 0 Å². The summed E-state index contributed by atoms with van der Waals surface area (Å²) in [4.78, 5) is 11.5. The molecule has 7 heteroatoms. The fraction of sp³-hybridized carbons (Fsp3) is 0.600. The maximum atomic E-state index is 11.5. The Morgan fingerprint density at radius 1 is 1.41 bits per heavy atom. The van der Waals surface area contributed by atoms with E-state index in [9.17, 15) is 4.79 Å². The van der Waals surface area contributed by atoms with Crippen molar-refractivity contribution in [1.82, 2.24) is 9.78 Å². The summed E-state index contributed by atoms with van der Waals surface area (Å²) in [5, 5.41) is 4.10. The number of hydrogen-bond acceptors (Lipinski definition) is 3. The van der Waals surface area contributed by atoms with Crippen molar-refractivity contribution in [3.05, 3.63) is 26.6 Å². The first-order chi connectivity index (χ1) is 7.79. The highest BCUT2D eigenvalue weighted by Crippen LogP contribution is 2.15. The lowest BCUT2D eigenvalue weighted by atomic mass is 10.6. The molecule has 0 aliphatic carbocycles. The van der Waals surface area contributed by atoms with Gasteiger partial charge in [0.1, 0.15) is 6.73 Å². The highest BCUT2D eigenvalue weighted by atomic mass is 35.5. The average Bonchev–Trinajstić information content (AvgIpc) is 2.18. The molecule has 0 saturated heterocycles. The number of hydrogen-bond donors (Lipinski definition) is 0. The molecule has 1 rings (SSSR count). The highest BCUT2D eigenvalue weighted by molar-refractivity contribution is 6.76. The zero-order valence-electron chi connectivity index (χ0n) is 10.2. The van der Waals surface area contributed by atoms with Crippen LogP contribution >= 0.6 is 23.2 Å². The minimum atomic E-state index is -1.11. The summed E-state index contributed by atoms with van der Waals surface area (Å²) in [6, 6.07) is 2.28. The van der Waals surface area contributed by atoms with Gasteiger partial charge in [0, 0.05) is 20.7 Å². The van der Waals surface area contributed by atoms with Gasteiger partial charge in [-0.05, 0) is 6.04 Å². The van der Waals surface area contributed by atoms with Crippen LogP contribution in [0.2, 0.25) is 35.9 Å². The zero-order valence-corrected chi connectivity index (χ0v) is 12.7. The summed E-state index contributed by atoms with van der Waals surface area (Å²) in [5.74, 6) is 0. The van der Waals surface area contributed by atoms with Gasteiger partial charge in [-0.3, -0.25) is 4.79 Å². The number of aromatic nitrogens is 2. The lowest BCUT2D eigenvalue weighted by Gasteiger charge is -2.15. The van der Waals surface area contributed by atoms with Gasteiger partial charge in [0.25, 0.3) is 5.56 Å². The van der Waals surface area contributed by atoms with Gasteiger partial charge in [-0.2, -0.15) is 5.10 Å². The first-order valence-electron chi connectivity index (χ1n) is 5.30. The van der Waals surface area contributed by atoms with Crippen LogP contribution in [-0.2, 0) is 11.5 Å². The molecular formula is C10H16Cl2N2O2Si. The molecule has 1 aromatic heterocycles. The maximum absolute atomic E-state index is 11.5. The fourth-order valence-electron chi connectivity index (χ4n) is 1.07. The van der Waals surface area contributed by atoms with E-state index in [2.05, 4.69) is 24.7 Å². The van der Waals surface area contributed by atoms with Crippen LogP contribution in [0.4, 0.5) is 0 Å². The summed E-state index contributed by atoms with van der Waals surface area (Å²) >= 11 is 11.4. The second-order valence-corrected chi connectivity index (χ2v) is 11.4. The second-order valence-electron chi connectivity index (χ2n) is 4.97. The van der Waals surface area contributed by atoms with Crippen LogP contribution in [0.15, 0.2) is 10.9 Å². The number of rotatable bonds is 5. The van der Waals surface area contributed by atoms with Crippen molar-refractivity contribution in [2.75, 3.05) is 6.61 Å². The van der Waals surface area contributed by atoms with E-state index in [-0.39, 0.29) is 22.5 Å². The van der Waals surface area contributed by atoms with E-state index in [1.54, 1.807) is 0 Å². The van der Waals surface area contributed by atoms with Crippen LogP contribution in [-0.4, -0.2) is 24.5 Å². The molecule has 0 atom stereocenters. The van der Waals surface area contributed by atoms with Gasteiger partial charge in [0.05, 0.1) is 5.02 Å². The van der Waals surface area contributed by atoms with Crippen molar-refractivity contribution in [2.24, 2.45) is 0 Å². The third kappa shape index (κ3) is 5.20. The predicted molar refractivity (Wildman–Crippen MR) is 72.6 cm³/mol. The molecule has 0 N–H and O–H groups in total. The van der Waals surface area contributed by atoms with Crippen LogP contribution in [0.25, 0.3) is 0 Å². The van der Waals surface area contributed by atoms with Gasteiger partial charge in [-0.25, -0.2) is 4.68 Å². The number of halogens is 2. The minimum absolute atomic E-state index is 0.111. The average molecular weight is 295 g/mol. The SMILES string of the molecule is C[Si](C)(C)CCOCn1nc(Cl)c(Cl)cc1=O. The van der Waals surface area contributed by atoms with Crippen LogP contribution in [0.3, 0.4) is 0 Å². The quantitative estimate of drug-likeness (QED) is 0.620. The van der Waals surface area contributed by atoms with Crippen molar-refractivity contribution < 1.29 is 4.74 Å². The smallest absolute Gasteiger partial charge is 0.270 e. The van der Waals surface area contributed by atoms with E-state index < -0.39 is 8.07 Å². The number of nitrogens with zero attached hydrogens (tertiary/aromatic N) is 2. The van der Waals surface area contributed by atoms with Crippen LogP contribution in [0.1, 0.15) is 0 Å². The van der Waals surface area contributed by atoms with Gasteiger partial charge < -0.3 is 4.74 Å². The molecule has 0 radical (unpaired) electrons. The molecule has 17 heavy (non-hydrogen) atoms. The second kappa shape index (κ2) is 6.00. The summed E-state index contributed by atoms with van der Waals surface area (Å²) in [7, 11) is -1.11. The minimum Gasteiger partial charge on any atom is -0.359 e. The number of ether oxygens (including phenoxy) is 1. The monoisotopic (exact) mass is 294 g/mol. The van der Waals surface area contributed by atoms with E-state index in [0.717, 1.165) is 6.04 Å². The Kier molecular flexibility index (Phi) is 5.18. The standard InChI is InChI=1S/C10H16Cl2N2O2Si/c1-17(2,3)5-4-16-7-14-9(15)6-8(11)10(12)13-14/h6H,4-5,7H2,1-3H3. The first-order valence-corrected chi connectivity index (χ1v) is 9.77. The summed E-state index contributed by atoms with van der Waals surface area (Å²) in [6.07, 6.45) is 0. The molecule has 96 valence electrons. The summed E-state index contributed by atoms with van der Waals surface area (Å²) < 4.78 is 6.57. The molecule has 0 aliphatic rings. The Hall–Kier alpha value is -0.363. The highest BCUT2D eigenvalue weighted by Gasteiger charge is 2.12. The first kappa shape index (κ1) is 14.7. The Morgan fingerprint density at radius 2 is 2.06 bits per heavy atom. The third-order valence-electron chi connectivity index (χ3n) is 2.12. The molecule has 0 unspecified atom stereocenters. The fourth-order valence-corrected chi connectivity index (χ4v) is 2.10. The van der Waals surface area contributed by atoms with Crippen LogP contribution in [0.5, 0.6) is 0 Å². The van der Waals surface area contributed by atoms with E-state index in [4.69, 9.17) is 27.9 Å². The molecular weight excluding hydrogens is 279 g/mol. The zero-order chi connectivity index (χ0) is 13.1. The van der Waals surface area contributed by atoms with Gasteiger partial charge in [-0.1, -0.05) is 42.8 Å². The summed E-state index contributed by atoms with van der Waals surface area (Å²) in [5.41, 5.74) is -0.313. The Morgan fingerprint density at radius 3 is 2.65 bits per heavy atom. The van der Waals surface area contributed by atoms with Gasteiger partial charge in [0.2, 0.25) is 0 Å². The summed E-state index contributed by atoms with van der Waals surface area (Å²) in [6.45, 7) is 7.53. The molecule has 0 aliphatic heterocycles. The van der Waals surface area contributed by atoms with Crippen LogP contribution in [0, 0.1) is 0 Å². The van der Waals surface area contributed by atoms with E-state index in [1.807, 2.05) is 0 Å². The molecule has 0 aromatic carbocycles. The van der Waals surface area contributed by atoms with Crippen molar-refractivity contribution >= 4 is 31.3 Å². The molecule has 0 fully saturated rings. The molecule has 0 bridgehead atoms. The Labute approximate surface area is 112 Å².